The summed E-state index contributed by atoms with van der Waals surface area (Å²) in [4.78, 5) is 27.4. The molecule has 0 atom stereocenters. The van der Waals surface area contributed by atoms with Crippen molar-refractivity contribution in [1.82, 2.24) is 20.5 Å². The van der Waals surface area contributed by atoms with Gasteiger partial charge < -0.3 is 10.4 Å². The molecule has 0 spiro atoms. The van der Waals surface area contributed by atoms with Gasteiger partial charge in [0, 0.05) is 5.92 Å². The molecule has 7 nitrogen and oxygen atoms in total. The summed E-state index contributed by atoms with van der Waals surface area (Å²) in [7, 11) is 0. The Bertz CT molecular complexity index is 489. The first-order valence-electron chi connectivity index (χ1n) is 6.43. The number of nitrogens with one attached hydrogen (secondary N) is 2. The Kier molecular flexibility index (Phi) is 3.55. The SMILES string of the molecule is CC(C)c1nc(C(=O)NC2(C(=O)O)CCCC2)n[nH]1. The van der Waals surface area contributed by atoms with E-state index >= 15 is 0 Å². The molecule has 19 heavy (non-hydrogen) atoms. The highest BCUT2D eigenvalue weighted by Crippen LogP contribution is 2.30. The lowest BCUT2D eigenvalue weighted by Crippen LogP contribution is -2.52. The number of carboxylic acids is 1. The molecule has 0 unspecified atom stereocenters. The molecule has 0 saturated heterocycles. The minimum Gasteiger partial charge on any atom is -0.480 e. The fourth-order valence-corrected chi connectivity index (χ4v) is 2.28. The number of aliphatic carboxylic acids is 1. The molecule has 1 amide bonds. The molecular formula is C12H18N4O3. The predicted octanol–water partition coefficient (Wildman–Crippen LogP) is 1.06. The highest BCUT2D eigenvalue weighted by Gasteiger charge is 2.43. The third-order valence-corrected chi connectivity index (χ3v) is 3.47. The molecular weight excluding hydrogens is 248 g/mol. The van der Waals surface area contributed by atoms with E-state index in [1.165, 1.54) is 0 Å². The zero-order chi connectivity index (χ0) is 14.0. The van der Waals surface area contributed by atoms with Crippen LogP contribution in [0.2, 0.25) is 0 Å². The van der Waals surface area contributed by atoms with E-state index in [9.17, 15) is 14.7 Å². The largest absolute Gasteiger partial charge is 0.480 e. The first-order chi connectivity index (χ1) is 8.94. The minimum atomic E-state index is -1.16. The van der Waals surface area contributed by atoms with Gasteiger partial charge in [-0.1, -0.05) is 26.7 Å². The molecule has 3 N–H and O–H groups in total. The van der Waals surface area contributed by atoms with E-state index in [0.29, 0.717) is 18.7 Å². The van der Waals surface area contributed by atoms with Gasteiger partial charge in [-0.25, -0.2) is 9.78 Å². The van der Waals surface area contributed by atoms with Crippen molar-refractivity contribution < 1.29 is 14.7 Å². The van der Waals surface area contributed by atoms with Gasteiger partial charge in [-0.15, -0.1) is 5.10 Å². The molecule has 1 saturated carbocycles. The molecule has 1 aromatic heterocycles. The van der Waals surface area contributed by atoms with Crippen LogP contribution >= 0.6 is 0 Å². The van der Waals surface area contributed by atoms with Gasteiger partial charge in [-0.3, -0.25) is 9.89 Å². The van der Waals surface area contributed by atoms with Crippen molar-refractivity contribution in [2.24, 2.45) is 0 Å². The zero-order valence-corrected chi connectivity index (χ0v) is 11.1. The average Bonchev–Trinajstić information content (AvgIpc) is 2.97. The number of carbonyl (C=O) groups excluding carboxylic acids is 1. The van der Waals surface area contributed by atoms with Crippen molar-refractivity contribution in [3.63, 3.8) is 0 Å². The van der Waals surface area contributed by atoms with Gasteiger partial charge in [0.25, 0.3) is 5.91 Å². The Labute approximate surface area is 110 Å². The van der Waals surface area contributed by atoms with E-state index in [2.05, 4.69) is 20.5 Å². The molecule has 1 heterocycles. The Morgan fingerprint density at radius 3 is 2.47 bits per heavy atom. The fraction of sp³-hybridized carbons (Fsp3) is 0.667. The van der Waals surface area contributed by atoms with E-state index in [1.54, 1.807) is 0 Å². The predicted molar refractivity (Wildman–Crippen MR) is 66.8 cm³/mol. The monoisotopic (exact) mass is 266 g/mol. The summed E-state index contributed by atoms with van der Waals surface area (Å²) >= 11 is 0. The van der Waals surface area contributed by atoms with Crippen LogP contribution in [0.4, 0.5) is 0 Å². The van der Waals surface area contributed by atoms with Crippen LogP contribution in [0.1, 0.15) is 61.9 Å². The van der Waals surface area contributed by atoms with E-state index in [-0.39, 0.29) is 11.7 Å². The molecule has 1 aliphatic carbocycles. The van der Waals surface area contributed by atoms with Gasteiger partial charge in [0.1, 0.15) is 11.4 Å². The second-order valence-electron chi connectivity index (χ2n) is 5.25. The lowest BCUT2D eigenvalue weighted by atomic mass is 9.98. The number of H-pyrrole nitrogens is 1. The van der Waals surface area contributed by atoms with Crippen molar-refractivity contribution in [2.75, 3.05) is 0 Å². The summed E-state index contributed by atoms with van der Waals surface area (Å²) in [5, 5.41) is 18.4. The lowest BCUT2D eigenvalue weighted by molar-refractivity contribution is -0.144. The van der Waals surface area contributed by atoms with Crippen LogP contribution in [-0.2, 0) is 4.79 Å². The Balaban J connectivity index is 2.13. The van der Waals surface area contributed by atoms with Crippen LogP contribution in [-0.4, -0.2) is 37.7 Å². The van der Waals surface area contributed by atoms with Gasteiger partial charge in [-0.2, -0.15) is 0 Å². The fourth-order valence-electron chi connectivity index (χ4n) is 2.28. The first kappa shape index (κ1) is 13.5. The van der Waals surface area contributed by atoms with Crippen molar-refractivity contribution in [3.05, 3.63) is 11.6 Å². The normalized spacial score (nSPS) is 17.6. The van der Waals surface area contributed by atoms with Gasteiger partial charge >= 0.3 is 5.97 Å². The molecule has 0 bridgehead atoms. The van der Waals surface area contributed by atoms with Crippen LogP contribution in [0.3, 0.4) is 0 Å². The maximum absolute atomic E-state index is 12.0. The van der Waals surface area contributed by atoms with Crippen LogP contribution in [0.5, 0.6) is 0 Å². The molecule has 0 aliphatic heterocycles. The summed E-state index contributed by atoms with van der Waals surface area (Å²) < 4.78 is 0. The van der Waals surface area contributed by atoms with Crippen molar-refractivity contribution >= 4 is 11.9 Å². The number of amides is 1. The molecule has 1 fully saturated rings. The summed E-state index contributed by atoms with van der Waals surface area (Å²) in [6.07, 6.45) is 2.51. The third kappa shape index (κ3) is 2.59. The summed E-state index contributed by atoms with van der Waals surface area (Å²) in [6.45, 7) is 3.86. The van der Waals surface area contributed by atoms with E-state index in [0.717, 1.165) is 12.8 Å². The van der Waals surface area contributed by atoms with Gasteiger partial charge in [-0.05, 0) is 12.8 Å². The van der Waals surface area contributed by atoms with Crippen LogP contribution in [0.15, 0.2) is 0 Å². The van der Waals surface area contributed by atoms with Crippen molar-refractivity contribution in [3.8, 4) is 0 Å². The smallest absolute Gasteiger partial charge is 0.329 e. The molecule has 7 heteroatoms. The van der Waals surface area contributed by atoms with E-state index < -0.39 is 17.4 Å². The number of nitrogens with zero attached hydrogens (tertiary/aromatic N) is 2. The first-order valence-corrected chi connectivity index (χ1v) is 6.43. The number of hydrogen-bond donors (Lipinski definition) is 3. The van der Waals surface area contributed by atoms with Crippen LogP contribution < -0.4 is 5.32 Å². The Morgan fingerprint density at radius 2 is 2.00 bits per heavy atom. The number of aromatic nitrogens is 3. The zero-order valence-electron chi connectivity index (χ0n) is 11.1. The quantitative estimate of drug-likeness (QED) is 0.755. The molecule has 0 radical (unpaired) electrons. The lowest BCUT2D eigenvalue weighted by Gasteiger charge is -2.24. The summed E-state index contributed by atoms with van der Waals surface area (Å²) in [5.74, 6) is -0.781. The second-order valence-corrected chi connectivity index (χ2v) is 5.25. The van der Waals surface area contributed by atoms with Gasteiger partial charge in [0.15, 0.2) is 0 Å². The van der Waals surface area contributed by atoms with Gasteiger partial charge in [0.05, 0.1) is 0 Å². The van der Waals surface area contributed by atoms with Gasteiger partial charge in [0.2, 0.25) is 5.82 Å². The van der Waals surface area contributed by atoms with Crippen LogP contribution in [0.25, 0.3) is 0 Å². The Morgan fingerprint density at radius 1 is 1.37 bits per heavy atom. The number of rotatable bonds is 4. The molecule has 104 valence electrons. The second kappa shape index (κ2) is 4.99. The maximum atomic E-state index is 12.0. The highest BCUT2D eigenvalue weighted by molar-refractivity contribution is 5.95. The number of hydrogen-bond acceptors (Lipinski definition) is 4. The highest BCUT2D eigenvalue weighted by atomic mass is 16.4. The summed E-state index contributed by atoms with van der Waals surface area (Å²) in [6, 6.07) is 0. The van der Waals surface area contributed by atoms with Crippen molar-refractivity contribution in [1.29, 1.82) is 0 Å². The topological polar surface area (TPSA) is 108 Å². The van der Waals surface area contributed by atoms with E-state index in [1.807, 2.05) is 13.8 Å². The number of aromatic amines is 1. The molecule has 1 aliphatic rings. The van der Waals surface area contributed by atoms with E-state index in [4.69, 9.17) is 0 Å². The van der Waals surface area contributed by atoms with Crippen LogP contribution in [0, 0.1) is 0 Å². The summed E-state index contributed by atoms with van der Waals surface area (Å²) in [5.41, 5.74) is -1.16. The third-order valence-electron chi connectivity index (χ3n) is 3.47. The van der Waals surface area contributed by atoms with Crippen molar-refractivity contribution in [2.45, 2.75) is 51.0 Å². The number of carboxylic acid groups (broad SMARTS) is 1. The average molecular weight is 266 g/mol. The molecule has 2 rings (SSSR count). The molecule has 0 aromatic carbocycles. The minimum absolute atomic E-state index is 0.00350. The standard InChI is InChI=1S/C12H18N4O3/c1-7(2)8-13-9(16-15-8)10(17)14-12(11(18)19)5-3-4-6-12/h7H,3-6H2,1-2H3,(H,14,17)(H,18,19)(H,13,15,16). The maximum Gasteiger partial charge on any atom is 0.329 e. The number of carbonyl (C=O) groups is 2. The Hall–Kier alpha value is -1.92. The molecule has 1 aromatic rings.